The van der Waals surface area contributed by atoms with E-state index in [9.17, 15) is 33.9 Å². The Balaban J connectivity index is 0.000000181. The molecule has 1 unspecified atom stereocenters. The molecule has 3 saturated heterocycles. The Morgan fingerprint density at radius 1 is 0.954 bits per heavy atom. The molecule has 0 radical (unpaired) electrons. The lowest BCUT2D eigenvalue weighted by Crippen LogP contribution is -2.54. The van der Waals surface area contributed by atoms with Gasteiger partial charge in [0.1, 0.15) is 11.1 Å². The normalized spacial score (nSPS) is 19.8. The molecule has 1 saturated carbocycles. The van der Waals surface area contributed by atoms with Crippen molar-refractivity contribution < 1.29 is 38.2 Å². The number of aromatic nitrogens is 3. The number of imide groups is 2. The number of amides is 5. The van der Waals surface area contributed by atoms with E-state index in [0.717, 1.165) is 42.4 Å². The number of likely N-dealkylation sites (tertiary alicyclic amines) is 1. The van der Waals surface area contributed by atoms with Crippen LogP contribution in [0.3, 0.4) is 0 Å². The summed E-state index contributed by atoms with van der Waals surface area (Å²) in [5, 5.41) is 17.7. The first kappa shape index (κ1) is 45.6. The summed E-state index contributed by atoms with van der Waals surface area (Å²) >= 11 is 6.30. The summed E-state index contributed by atoms with van der Waals surface area (Å²) in [6.07, 6.45) is 8.73. The third-order valence-electron chi connectivity index (χ3n) is 13.1. The smallest absolute Gasteiger partial charge is 0.293 e. The molecule has 65 heavy (non-hydrogen) atoms. The van der Waals surface area contributed by atoms with Crippen molar-refractivity contribution in [3.63, 3.8) is 0 Å². The van der Waals surface area contributed by atoms with Crippen LogP contribution in [-0.4, -0.2) is 117 Å². The number of hydrogen-bond acceptors (Lipinski definition) is 13. The van der Waals surface area contributed by atoms with Crippen molar-refractivity contribution in [2.45, 2.75) is 102 Å². The number of pyridine rings is 1. The van der Waals surface area contributed by atoms with E-state index in [1.165, 1.54) is 49.2 Å². The molecule has 5 aliphatic rings. The van der Waals surface area contributed by atoms with Gasteiger partial charge >= 0.3 is 0 Å². The maximum absolute atomic E-state index is 15.8. The number of halogens is 2. The lowest BCUT2D eigenvalue weighted by atomic mass is 9.84. The van der Waals surface area contributed by atoms with Crippen LogP contribution in [0.5, 0.6) is 5.75 Å². The van der Waals surface area contributed by atoms with Crippen molar-refractivity contribution in [2.75, 3.05) is 50.1 Å². The molecule has 0 bridgehead atoms. The maximum atomic E-state index is 15.8. The van der Waals surface area contributed by atoms with E-state index in [1.807, 2.05) is 17.0 Å². The second kappa shape index (κ2) is 19.2. The topological polar surface area (TPSA) is 208 Å². The number of likely N-dealkylation sites (N-methyl/N-ethyl adjacent to an activating group) is 1. The van der Waals surface area contributed by atoms with Crippen LogP contribution in [0, 0.1) is 5.82 Å². The summed E-state index contributed by atoms with van der Waals surface area (Å²) in [6, 6.07) is 9.55. The summed E-state index contributed by atoms with van der Waals surface area (Å²) in [6.45, 7) is 6.59. The van der Waals surface area contributed by atoms with Gasteiger partial charge in [0.25, 0.3) is 23.3 Å². The fourth-order valence-corrected chi connectivity index (χ4v) is 9.30. The van der Waals surface area contributed by atoms with Crippen molar-refractivity contribution in [2.24, 2.45) is 0 Å². The number of fused-ring (bicyclic) bond motifs is 2. The molecule has 4 aromatic rings. The first-order valence-electron chi connectivity index (χ1n) is 22.3. The molecule has 17 nitrogen and oxygen atoms in total. The Morgan fingerprint density at radius 2 is 1.68 bits per heavy atom. The highest BCUT2D eigenvalue weighted by Gasteiger charge is 2.45. The number of piperidine rings is 3. The Bertz CT molecular complexity index is 2590. The van der Waals surface area contributed by atoms with Crippen molar-refractivity contribution in [1.29, 1.82) is 0 Å². The van der Waals surface area contributed by atoms with Crippen LogP contribution in [0.2, 0.25) is 5.02 Å². The number of anilines is 3. The van der Waals surface area contributed by atoms with Gasteiger partial charge in [-0.15, -0.1) is 0 Å². The summed E-state index contributed by atoms with van der Waals surface area (Å²) in [4.78, 5) is 88.3. The van der Waals surface area contributed by atoms with Crippen molar-refractivity contribution >= 4 is 69.5 Å². The zero-order valence-corrected chi connectivity index (χ0v) is 37.3. The monoisotopic (exact) mass is 913 g/mol. The number of aliphatic hydroxyl groups excluding tert-OH is 1. The van der Waals surface area contributed by atoms with Gasteiger partial charge in [0.05, 0.1) is 34.6 Å². The van der Waals surface area contributed by atoms with Crippen LogP contribution in [0.4, 0.5) is 21.8 Å². The first-order valence-corrected chi connectivity index (χ1v) is 22.6. The van der Waals surface area contributed by atoms with Crippen LogP contribution in [0.15, 0.2) is 47.4 Å². The molecule has 2 aromatic carbocycles. The number of hydrogen-bond donors (Lipinski definition) is 4. The number of carbonyl (C=O) groups excluding carboxylic acids is 5. The minimum absolute atomic E-state index is 0.0920. The van der Waals surface area contributed by atoms with Crippen molar-refractivity contribution in [3.8, 4) is 5.75 Å². The lowest BCUT2D eigenvalue weighted by Gasteiger charge is -2.42. The molecule has 2 aromatic heterocycles. The Kier molecular flexibility index (Phi) is 13.5. The summed E-state index contributed by atoms with van der Waals surface area (Å²) in [5.41, 5.74) is 1.86. The quantitative estimate of drug-likeness (QED) is 0.158. The fourth-order valence-electron chi connectivity index (χ4n) is 9.16. The number of rotatable bonds is 10. The second-order valence-electron chi connectivity index (χ2n) is 17.5. The Morgan fingerprint density at radius 3 is 2.34 bits per heavy atom. The maximum Gasteiger partial charge on any atom is 0.293 e. The van der Waals surface area contributed by atoms with Gasteiger partial charge < -0.3 is 34.8 Å². The van der Waals surface area contributed by atoms with E-state index < -0.39 is 41.0 Å². The molecule has 6 heterocycles. The van der Waals surface area contributed by atoms with Crippen LogP contribution >= 0.6 is 11.6 Å². The van der Waals surface area contributed by atoms with Gasteiger partial charge in [0.2, 0.25) is 17.8 Å². The van der Waals surface area contributed by atoms with Gasteiger partial charge in [-0.05, 0) is 114 Å². The molecule has 19 heteroatoms. The second-order valence-corrected chi connectivity index (χ2v) is 17.9. The summed E-state index contributed by atoms with van der Waals surface area (Å²) in [7, 11) is 1.45. The van der Waals surface area contributed by atoms with Gasteiger partial charge in [0.15, 0.2) is 24.0 Å². The number of benzene rings is 2. The largest absolute Gasteiger partial charge is 0.478 e. The molecular formula is C46H53ClFN9O8. The minimum atomic E-state index is -0.908. The fraction of sp³-hybridized carbons (Fsp3) is 0.478. The minimum Gasteiger partial charge on any atom is -0.478 e. The molecule has 0 spiro atoms. The molecule has 1 aliphatic carbocycles. The van der Waals surface area contributed by atoms with Crippen molar-refractivity contribution in [1.82, 2.24) is 35.0 Å². The Hall–Kier alpha value is -5.98. The van der Waals surface area contributed by atoms with E-state index in [-0.39, 0.29) is 65.2 Å². The number of aliphatic hydroxyl groups is 1. The van der Waals surface area contributed by atoms with Crippen LogP contribution in [-0.2, 0) is 14.4 Å². The molecular weight excluding hydrogens is 861 g/mol. The Labute approximate surface area is 379 Å². The average molecular weight is 914 g/mol. The number of nitrogens with zero attached hydrogens (tertiary/aromatic N) is 6. The first-order chi connectivity index (χ1) is 31.2. The summed E-state index contributed by atoms with van der Waals surface area (Å²) in [5.74, 6) is -1.94. The van der Waals surface area contributed by atoms with Gasteiger partial charge in [-0.3, -0.25) is 39.0 Å². The van der Waals surface area contributed by atoms with E-state index in [4.69, 9.17) is 16.3 Å². The zero-order chi connectivity index (χ0) is 46.1. The molecule has 4 aliphatic heterocycles. The molecule has 5 amide bonds. The average Bonchev–Trinajstić information content (AvgIpc) is 3.52. The van der Waals surface area contributed by atoms with Gasteiger partial charge in [-0.25, -0.2) is 9.37 Å². The number of nitrogens with one attached hydrogen (secondary N) is 3. The molecule has 1 atom stereocenters. The summed E-state index contributed by atoms with van der Waals surface area (Å²) < 4.78 is 22.6. The predicted octanol–water partition coefficient (Wildman–Crippen LogP) is 4.81. The van der Waals surface area contributed by atoms with E-state index in [2.05, 4.69) is 30.8 Å². The molecule has 344 valence electrons. The number of carbonyl (C=O) groups is 5. The van der Waals surface area contributed by atoms with E-state index in [1.54, 1.807) is 26.0 Å². The molecule has 4 N–H and O–H groups in total. The van der Waals surface area contributed by atoms with Crippen molar-refractivity contribution in [3.05, 3.63) is 80.5 Å². The van der Waals surface area contributed by atoms with Gasteiger partial charge in [0, 0.05) is 44.0 Å². The predicted molar refractivity (Wildman–Crippen MR) is 240 cm³/mol. The van der Waals surface area contributed by atoms with E-state index >= 15 is 4.39 Å². The highest BCUT2D eigenvalue weighted by atomic mass is 35.5. The highest BCUT2D eigenvalue weighted by Crippen LogP contribution is 2.37. The third-order valence-corrected chi connectivity index (χ3v) is 13.3. The van der Waals surface area contributed by atoms with Gasteiger partial charge in [-0.2, -0.15) is 4.98 Å². The molecule has 4 fully saturated rings. The highest BCUT2D eigenvalue weighted by molar-refractivity contribution is 6.33. The van der Waals surface area contributed by atoms with Crippen LogP contribution < -0.4 is 31.1 Å². The lowest BCUT2D eigenvalue weighted by molar-refractivity contribution is -0.136. The number of ether oxygens (including phenoxy) is 1. The SMILES string of the molecule is CNC(=O)COc1cc2c(F)c(Nc3nc(N4CCC(O)CC4)ncc3Cl)ccc2n(C(C)C)c1=O.O=C1CCC(N2C(=O)c3ccc(C4CCN(C5CCC5)CC4)cc3C2=O)C(=O)N1. The van der Waals surface area contributed by atoms with E-state index in [0.29, 0.717) is 54.4 Å². The van der Waals surface area contributed by atoms with Crippen LogP contribution in [0.25, 0.3) is 10.9 Å². The van der Waals surface area contributed by atoms with Crippen LogP contribution in [0.1, 0.15) is 110 Å². The van der Waals surface area contributed by atoms with Gasteiger partial charge in [-0.1, -0.05) is 24.1 Å². The zero-order valence-electron chi connectivity index (χ0n) is 36.6. The standard InChI is InChI=1S/C24H28ClFN6O4.C22H25N3O4/c1-13(2)32-18-5-4-17(21(26)15(18)10-19(23(32)35)36-12-20(34)27-3)29-22-16(25)11-28-24(30-22)31-8-6-14(33)7-9-31;26-19-7-6-18(20(27)23-19)25-21(28)16-5-4-14(12-17(16)22(25)29)13-8-10-24(11-9-13)15-2-1-3-15/h4-5,10-11,13-14,33H,6-9,12H2,1-3H3,(H,27,34)(H,28,29,30);4-5,12-13,15,18H,1-3,6-11H2,(H,23,26,27). The molecule has 9 rings (SSSR count). The third kappa shape index (κ3) is 9.42.